The topological polar surface area (TPSA) is 108 Å². The highest BCUT2D eigenvalue weighted by atomic mass is 35.5. The lowest BCUT2D eigenvalue weighted by Crippen LogP contribution is -2.41. The minimum atomic E-state index is -0.0946. The van der Waals surface area contributed by atoms with Crippen LogP contribution in [0.25, 0.3) is 17.2 Å². The van der Waals surface area contributed by atoms with Gasteiger partial charge in [-0.1, -0.05) is 23.7 Å². The van der Waals surface area contributed by atoms with E-state index in [1.165, 1.54) is 6.08 Å². The predicted molar refractivity (Wildman–Crippen MR) is 139 cm³/mol. The Morgan fingerprint density at radius 2 is 1.86 bits per heavy atom. The number of morpholine rings is 1. The second-order valence-corrected chi connectivity index (χ2v) is 8.66. The number of allylic oxidation sites excluding steroid dienone is 1. The van der Waals surface area contributed by atoms with E-state index in [1.807, 2.05) is 12.1 Å². The average Bonchev–Trinajstić information content (AvgIpc) is 2.91. The molecule has 186 valence electrons. The molecule has 1 aliphatic heterocycles. The van der Waals surface area contributed by atoms with Crippen LogP contribution in [0, 0.1) is 0 Å². The maximum atomic E-state index is 12.6. The van der Waals surface area contributed by atoms with Crippen molar-refractivity contribution in [2.45, 2.75) is 12.8 Å². The van der Waals surface area contributed by atoms with Gasteiger partial charge in [-0.25, -0.2) is 4.98 Å². The van der Waals surface area contributed by atoms with E-state index in [0.717, 1.165) is 16.7 Å². The highest BCUT2D eigenvalue weighted by Crippen LogP contribution is 2.30. The number of aromatic nitrogens is 2. The molecule has 0 radical (unpaired) electrons. The van der Waals surface area contributed by atoms with Gasteiger partial charge >= 0.3 is 0 Å². The molecule has 0 bridgehead atoms. The van der Waals surface area contributed by atoms with Crippen LogP contribution in [-0.4, -0.2) is 59.5 Å². The number of hydrogen-bond acceptors (Lipinski definition) is 7. The number of rotatable bonds is 9. The Labute approximate surface area is 214 Å². The van der Waals surface area contributed by atoms with Crippen LogP contribution in [0.5, 0.6) is 5.75 Å². The monoisotopic (exact) mass is 506 g/mol. The quantitative estimate of drug-likeness (QED) is 0.340. The molecule has 36 heavy (non-hydrogen) atoms. The maximum absolute atomic E-state index is 12.6. The Balaban J connectivity index is 1.26. The standard InChI is InChI=1S/C27H27ClN4O4/c28-23-16-20(21-5-8-24(30-18-21)27(34)32-11-14-35-15-12-32)6-9-25(23)36-13-1-2-22(33)7-3-19-4-10-26(29)31-17-19/h3-10,16-18H,1-2,11-15H2,(H2,29,31)/b7-3+. The molecule has 0 spiro atoms. The van der Waals surface area contributed by atoms with Crippen LogP contribution in [0.15, 0.2) is 60.9 Å². The highest BCUT2D eigenvalue weighted by Gasteiger charge is 2.19. The number of benzene rings is 1. The van der Waals surface area contributed by atoms with Crippen molar-refractivity contribution in [3.8, 4) is 16.9 Å². The number of anilines is 1. The third-order valence-electron chi connectivity index (χ3n) is 5.64. The van der Waals surface area contributed by atoms with E-state index in [1.54, 1.807) is 53.7 Å². The van der Waals surface area contributed by atoms with E-state index < -0.39 is 0 Å². The van der Waals surface area contributed by atoms with Gasteiger partial charge in [0.05, 0.1) is 24.8 Å². The molecule has 3 heterocycles. The van der Waals surface area contributed by atoms with E-state index in [-0.39, 0.29) is 11.7 Å². The second kappa shape index (κ2) is 12.3. The molecule has 8 nitrogen and oxygen atoms in total. The summed E-state index contributed by atoms with van der Waals surface area (Å²) in [6.07, 6.45) is 7.44. The summed E-state index contributed by atoms with van der Waals surface area (Å²) in [6, 6.07) is 12.5. The molecule has 1 amide bonds. The number of nitrogens with two attached hydrogens (primary N) is 1. The van der Waals surface area contributed by atoms with Gasteiger partial charge in [0.1, 0.15) is 17.3 Å². The zero-order valence-corrected chi connectivity index (χ0v) is 20.5. The Morgan fingerprint density at radius 3 is 2.56 bits per heavy atom. The number of ether oxygens (including phenoxy) is 2. The molecule has 0 unspecified atom stereocenters. The van der Waals surface area contributed by atoms with Gasteiger partial charge < -0.3 is 20.1 Å². The number of ketones is 1. The van der Waals surface area contributed by atoms with Gasteiger partial charge in [-0.2, -0.15) is 0 Å². The van der Waals surface area contributed by atoms with Crippen molar-refractivity contribution in [2.75, 3.05) is 38.6 Å². The predicted octanol–water partition coefficient (Wildman–Crippen LogP) is 4.29. The normalized spacial score (nSPS) is 13.6. The van der Waals surface area contributed by atoms with Gasteiger partial charge in [0.15, 0.2) is 5.78 Å². The van der Waals surface area contributed by atoms with Crippen molar-refractivity contribution in [2.24, 2.45) is 0 Å². The van der Waals surface area contributed by atoms with Gasteiger partial charge in [0.25, 0.3) is 5.91 Å². The molecule has 0 saturated carbocycles. The summed E-state index contributed by atoms with van der Waals surface area (Å²) < 4.78 is 11.1. The van der Waals surface area contributed by atoms with Crippen molar-refractivity contribution in [3.63, 3.8) is 0 Å². The number of amides is 1. The van der Waals surface area contributed by atoms with Crippen LogP contribution < -0.4 is 10.5 Å². The van der Waals surface area contributed by atoms with E-state index in [4.69, 9.17) is 26.8 Å². The summed E-state index contributed by atoms with van der Waals surface area (Å²) >= 11 is 6.42. The van der Waals surface area contributed by atoms with Gasteiger partial charge in [-0.15, -0.1) is 0 Å². The molecule has 0 aliphatic carbocycles. The zero-order valence-electron chi connectivity index (χ0n) is 19.7. The lowest BCUT2D eigenvalue weighted by molar-refractivity contribution is -0.114. The SMILES string of the molecule is Nc1ccc(/C=C/C(=O)CCCOc2ccc(-c3ccc(C(=O)N4CCOCC4)nc3)cc2Cl)cn1. The Morgan fingerprint density at radius 1 is 1.06 bits per heavy atom. The first-order valence-electron chi connectivity index (χ1n) is 11.7. The molecule has 1 aliphatic rings. The summed E-state index contributed by atoms with van der Waals surface area (Å²) in [5.74, 6) is 0.888. The van der Waals surface area contributed by atoms with E-state index in [0.29, 0.717) is 68.0 Å². The van der Waals surface area contributed by atoms with E-state index in [2.05, 4.69) is 9.97 Å². The number of pyridine rings is 2. The molecule has 9 heteroatoms. The molecule has 3 aromatic rings. The van der Waals surface area contributed by atoms with E-state index in [9.17, 15) is 9.59 Å². The minimum Gasteiger partial charge on any atom is -0.492 e. The van der Waals surface area contributed by atoms with Gasteiger partial charge in [-0.3, -0.25) is 14.6 Å². The van der Waals surface area contributed by atoms with Crippen LogP contribution in [0.2, 0.25) is 5.02 Å². The molecule has 1 fully saturated rings. The maximum Gasteiger partial charge on any atom is 0.272 e. The number of carbonyl (C=O) groups excluding carboxylic acids is 2. The lowest BCUT2D eigenvalue weighted by atomic mass is 10.1. The summed E-state index contributed by atoms with van der Waals surface area (Å²) in [6.45, 7) is 2.61. The summed E-state index contributed by atoms with van der Waals surface area (Å²) in [5, 5.41) is 0.461. The van der Waals surface area contributed by atoms with Gasteiger partial charge in [0.2, 0.25) is 0 Å². The third kappa shape index (κ3) is 6.90. The van der Waals surface area contributed by atoms with Crippen LogP contribution in [-0.2, 0) is 9.53 Å². The second-order valence-electron chi connectivity index (χ2n) is 8.25. The summed E-state index contributed by atoms with van der Waals surface area (Å²) in [7, 11) is 0. The van der Waals surface area contributed by atoms with Crippen LogP contribution >= 0.6 is 11.6 Å². The first-order chi connectivity index (χ1) is 17.5. The zero-order chi connectivity index (χ0) is 25.3. The first-order valence-corrected chi connectivity index (χ1v) is 12.1. The van der Waals surface area contributed by atoms with Crippen molar-refractivity contribution >= 4 is 35.2 Å². The number of hydrogen-bond donors (Lipinski definition) is 1. The molecule has 0 atom stereocenters. The van der Waals surface area contributed by atoms with Crippen molar-refractivity contribution in [3.05, 3.63) is 77.2 Å². The van der Waals surface area contributed by atoms with Gasteiger partial charge in [-0.05, 0) is 60.0 Å². The molecular formula is C27H27ClN4O4. The van der Waals surface area contributed by atoms with Crippen molar-refractivity contribution < 1.29 is 19.1 Å². The highest BCUT2D eigenvalue weighted by molar-refractivity contribution is 6.32. The van der Waals surface area contributed by atoms with Crippen molar-refractivity contribution in [1.29, 1.82) is 0 Å². The molecule has 1 saturated heterocycles. The Hall–Kier alpha value is -3.75. The number of carbonyl (C=O) groups is 2. The molecule has 2 N–H and O–H groups in total. The average molecular weight is 507 g/mol. The molecule has 2 aromatic heterocycles. The lowest BCUT2D eigenvalue weighted by Gasteiger charge is -2.26. The summed E-state index contributed by atoms with van der Waals surface area (Å²) in [5.41, 5.74) is 8.48. The van der Waals surface area contributed by atoms with Gasteiger partial charge in [0, 0.05) is 37.5 Å². The fourth-order valence-electron chi connectivity index (χ4n) is 3.63. The number of nitrogens with zero attached hydrogens (tertiary/aromatic N) is 3. The Kier molecular flexibility index (Phi) is 8.65. The fourth-order valence-corrected chi connectivity index (χ4v) is 3.87. The van der Waals surface area contributed by atoms with Crippen LogP contribution in [0.1, 0.15) is 28.9 Å². The largest absolute Gasteiger partial charge is 0.492 e. The smallest absolute Gasteiger partial charge is 0.272 e. The first kappa shape index (κ1) is 25.3. The minimum absolute atomic E-state index is 0.0000755. The van der Waals surface area contributed by atoms with E-state index >= 15 is 0 Å². The van der Waals surface area contributed by atoms with Crippen molar-refractivity contribution in [1.82, 2.24) is 14.9 Å². The van der Waals surface area contributed by atoms with Crippen LogP contribution in [0.4, 0.5) is 5.82 Å². The van der Waals surface area contributed by atoms with Crippen LogP contribution in [0.3, 0.4) is 0 Å². The number of halogens is 1. The summed E-state index contributed by atoms with van der Waals surface area (Å²) in [4.78, 5) is 34.7. The number of nitrogen functional groups attached to an aromatic ring is 1. The molecular weight excluding hydrogens is 480 g/mol. The molecule has 1 aromatic carbocycles. The molecule has 4 rings (SSSR count). The Bertz CT molecular complexity index is 1220. The third-order valence-corrected chi connectivity index (χ3v) is 5.94. The fraction of sp³-hybridized carbons (Fsp3) is 0.259.